The first kappa shape index (κ1) is 27.9. The van der Waals surface area contributed by atoms with Crippen LogP contribution in [0.2, 0.25) is 17.3 Å². The summed E-state index contributed by atoms with van der Waals surface area (Å²) in [6.07, 6.45) is 0. The summed E-state index contributed by atoms with van der Waals surface area (Å²) in [7, 11) is 10.5. The van der Waals surface area contributed by atoms with Crippen LogP contribution < -0.4 is 4.40 Å². The summed E-state index contributed by atoms with van der Waals surface area (Å²) >= 11 is -1.44. The minimum absolute atomic E-state index is 0. The molecule has 1 rings (SSSR count). The summed E-state index contributed by atoms with van der Waals surface area (Å²) < 4.78 is 1.61. The molecule has 0 aliphatic heterocycles. The molecule has 0 aliphatic rings. The van der Waals surface area contributed by atoms with Gasteiger partial charge in [0, 0.05) is 0 Å². The molecule has 0 aromatic heterocycles. The van der Waals surface area contributed by atoms with Gasteiger partial charge in [0.25, 0.3) is 0 Å². The third kappa shape index (κ3) is 27.7. The third-order valence-electron chi connectivity index (χ3n) is 1.53. The van der Waals surface area contributed by atoms with Crippen molar-refractivity contribution < 1.29 is 25.8 Å². The molecule has 0 N–H and O–H groups in total. The van der Waals surface area contributed by atoms with Crippen molar-refractivity contribution in [3.05, 3.63) is 40.2 Å². The molecule has 5 heteroatoms. The Morgan fingerprint density at radius 3 is 1.00 bits per heavy atom. The number of hydrogen-bond acceptors (Lipinski definition) is 0. The van der Waals surface area contributed by atoms with Crippen LogP contribution in [0, 0.1) is 0 Å². The topological polar surface area (TPSA) is 42.3 Å². The Balaban J connectivity index is -0.0000000956. The molecule has 0 radical (unpaired) electrons. The largest absolute Gasteiger partial charge is 4.00 e. The first-order chi connectivity index (χ1) is 8.35. The van der Waals surface area contributed by atoms with Crippen LogP contribution in [-0.4, -0.2) is 55.6 Å². The van der Waals surface area contributed by atoms with Gasteiger partial charge in [0.05, 0.1) is 0 Å². The number of nitrogens with zero attached hydrogens (tertiary/aromatic N) is 3. The molecule has 0 heterocycles. The second kappa shape index (κ2) is 21.0. The third-order valence-corrected chi connectivity index (χ3v) is 5.86. The molecule has 3 nitrogen and oxygen atoms in total. The van der Waals surface area contributed by atoms with Gasteiger partial charge in [0.2, 0.25) is 0 Å². The van der Waals surface area contributed by atoms with E-state index < -0.39 is 13.3 Å². The molecular formula is C14H31GeHfN3. The van der Waals surface area contributed by atoms with Crippen LogP contribution >= 0.6 is 0 Å². The van der Waals surface area contributed by atoms with Crippen LogP contribution in [0.5, 0.6) is 0 Å². The summed E-state index contributed by atoms with van der Waals surface area (Å²) in [6.45, 7) is 0. The van der Waals surface area contributed by atoms with Crippen molar-refractivity contribution in [2.24, 2.45) is 0 Å². The molecular weight excluding hydrogens is 461 g/mol. The van der Waals surface area contributed by atoms with E-state index in [1.807, 2.05) is 0 Å². The molecule has 0 fully saturated rings. The summed E-state index contributed by atoms with van der Waals surface area (Å²) in [4.78, 5) is 0. The second-order valence-corrected chi connectivity index (χ2v) is 15.4. The Bertz CT molecular complexity index is 216. The summed E-state index contributed by atoms with van der Waals surface area (Å²) in [5, 5.41) is 10.5. The van der Waals surface area contributed by atoms with E-state index in [1.54, 1.807) is 46.7 Å². The van der Waals surface area contributed by atoms with Gasteiger partial charge in [-0.25, -0.2) is 0 Å². The Labute approximate surface area is 142 Å². The van der Waals surface area contributed by atoms with Crippen molar-refractivity contribution in [3.63, 3.8) is 0 Å². The van der Waals surface area contributed by atoms with Crippen molar-refractivity contribution in [1.82, 2.24) is 0 Å². The molecule has 0 bridgehead atoms. The van der Waals surface area contributed by atoms with Gasteiger partial charge >= 0.3 is 85.0 Å². The fourth-order valence-corrected chi connectivity index (χ4v) is 3.38. The van der Waals surface area contributed by atoms with E-state index in [0.29, 0.717) is 0 Å². The van der Waals surface area contributed by atoms with Crippen LogP contribution in [0.4, 0.5) is 0 Å². The van der Waals surface area contributed by atoms with Crippen molar-refractivity contribution in [2.45, 2.75) is 17.3 Å². The molecule has 0 atom stereocenters. The normalized spacial score (nSPS) is 8.47. The molecule has 1 aromatic carbocycles. The molecule has 1 aromatic rings. The van der Waals surface area contributed by atoms with E-state index in [0.717, 1.165) is 0 Å². The van der Waals surface area contributed by atoms with Crippen molar-refractivity contribution in [1.29, 1.82) is 0 Å². The van der Waals surface area contributed by atoms with Gasteiger partial charge in [-0.1, -0.05) is 0 Å². The Morgan fingerprint density at radius 2 is 0.895 bits per heavy atom. The predicted octanol–water partition coefficient (Wildman–Crippen LogP) is 3.81. The standard InChI is InChI=1S/C8H13Ge.3C2H6N.Hf/c1-9(2,3)8-6-4-5-7-8;3*1-3-2;/h4-7H,1-3H3;3*1-2H3;/q4*-1;+4. The van der Waals surface area contributed by atoms with E-state index in [2.05, 4.69) is 57.5 Å². The van der Waals surface area contributed by atoms with Crippen LogP contribution in [0.1, 0.15) is 0 Å². The fraction of sp³-hybridized carbons (Fsp3) is 0.643. The van der Waals surface area contributed by atoms with Gasteiger partial charge < -0.3 is 16.0 Å². The maximum atomic E-state index is 3.50. The molecule has 0 saturated carbocycles. The molecule has 110 valence electrons. The van der Waals surface area contributed by atoms with Gasteiger partial charge in [-0.3, -0.25) is 0 Å². The van der Waals surface area contributed by atoms with Crippen LogP contribution in [0.3, 0.4) is 0 Å². The second-order valence-electron chi connectivity index (χ2n) is 4.77. The molecule has 19 heavy (non-hydrogen) atoms. The molecule has 0 aliphatic carbocycles. The monoisotopic (exact) mass is 495 g/mol. The van der Waals surface area contributed by atoms with Gasteiger partial charge in [-0.15, -0.1) is 0 Å². The SMILES string of the molecule is C[N-]C.C[N-]C.C[N-]C.[CH3][Ge]([CH3])([CH3])[c-]1cccc1.[Hf+4]. The quantitative estimate of drug-likeness (QED) is 0.423. The number of hydrogen-bond donors (Lipinski definition) is 0. The maximum Gasteiger partial charge on any atom is 4.00 e. The minimum Gasteiger partial charge on any atom is 4.00 e. The average molecular weight is 493 g/mol. The summed E-state index contributed by atoms with van der Waals surface area (Å²) in [5.41, 5.74) is 0. The van der Waals surface area contributed by atoms with Crippen molar-refractivity contribution in [2.75, 3.05) is 42.3 Å². The Morgan fingerprint density at radius 1 is 0.684 bits per heavy atom. The van der Waals surface area contributed by atoms with Crippen LogP contribution in [-0.2, 0) is 25.8 Å². The van der Waals surface area contributed by atoms with Crippen molar-refractivity contribution in [3.8, 4) is 0 Å². The Hall–Kier alpha value is 0.643. The molecule has 0 unspecified atom stereocenters. The molecule has 0 spiro atoms. The first-order valence-electron chi connectivity index (χ1n) is 6.01. The smallest absolute Gasteiger partial charge is 4.00 e. The van der Waals surface area contributed by atoms with Gasteiger partial charge in [0.1, 0.15) is 0 Å². The maximum absolute atomic E-state index is 3.50. The van der Waals surface area contributed by atoms with E-state index in [4.69, 9.17) is 0 Å². The number of rotatable bonds is 1. The Kier molecular flexibility index (Phi) is 30.8. The van der Waals surface area contributed by atoms with Crippen LogP contribution in [0.25, 0.3) is 16.0 Å². The summed E-state index contributed by atoms with van der Waals surface area (Å²) in [5.74, 6) is 7.24. The van der Waals surface area contributed by atoms with Gasteiger partial charge in [-0.05, 0) is 0 Å². The van der Waals surface area contributed by atoms with E-state index in [-0.39, 0.29) is 25.8 Å². The van der Waals surface area contributed by atoms with Gasteiger partial charge in [0.15, 0.2) is 0 Å². The van der Waals surface area contributed by atoms with Gasteiger partial charge in [-0.2, -0.15) is 42.3 Å². The fourth-order valence-electron chi connectivity index (χ4n) is 0.874. The van der Waals surface area contributed by atoms with E-state index in [1.165, 1.54) is 0 Å². The zero-order valence-corrected chi connectivity index (χ0v) is 19.8. The predicted molar refractivity (Wildman–Crippen MR) is 90.6 cm³/mol. The summed E-state index contributed by atoms with van der Waals surface area (Å²) in [6, 6.07) is 8.76. The van der Waals surface area contributed by atoms with E-state index >= 15 is 0 Å². The first-order valence-corrected chi connectivity index (χ1v) is 13.4. The average Bonchev–Trinajstić information content (AvgIpc) is 2.72. The van der Waals surface area contributed by atoms with E-state index in [9.17, 15) is 0 Å². The molecule has 0 saturated heterocycles. The zero-order chi connectivity index (χ0) is 15.0. The zero-order valence-electron chi connectivity index (χ0n) is 14.2. The van der Waals surface area contributed by atoms with Crippen LogP contribution in [0.15, 0.2) is 24.3 Å². The molecule has 0 amide bonds. The minimum atomic E-state index is -1.44. The van der Waals surface area contributed by atoms with Crippen molar-refractivity contribution >= 4 is 17.7 Å².